The largest absolute Gasteiger partial charge is 0.492 e. The number of aliphatic carboxylic acids is 1. The molecule has 1 aliphatic rings. The number of carbonyl (C=O) groups excluding carboxylic acids is 1. The van der Waals surface area contributed by atoms with Crippen LogP contribution in [-0.4, -0.2) is 41.6 Å². The van der Waals surface area contributed by atoms with Crippen molar-refractivity contribution >= 4 is 11.9 Å². The van der Waals surface area contributed by atoms with Crippen LogP contribution in [0.1, 0.15) is 5.56 Å². The van der Waals surface area contributed by atoms with Gasteiger partial charge in [-0.15, -0.1) is 6.42 Å². The third-order valence-electron chi connectivity index (χ3n) is 3.15. The molecule has 0 aliphatic carbocycles. The lowest BCUT2D eigenvalue weighted by atomic mass is 9.95. The number of amides is 1. The maximum absolute atomic E-state index is 12.3. The van der Waals surface area contributed by atoms with E-state index in [1.54, 1.807) is 0 Å². The van der Waals surface area contributed by atoms with E-state index in [4.69, 9.17) is 16.3 Å². The molecule has 1 unspecified atom stereocenters. The van der Waals surface area contributed by atoms with Gasteiger partial charge < -0.3 is 14.7 Å². The molecule has 0 aromatic heterocycles. The van der Waals surface area contributed by atoms with Crippen LogP contribution >= 0.6 is 0 Å². The van der Waals surface area contributed by atoms with Crippen molar-refractivity contribution < 1.29 is 19.4 Å². The van der Waals surface area contributed by atoms with E-state index in [0.29, 0.717) is 6.42 Å². The molecule has 0 saturated heterocycles. The van der Waals surface area contributed by atoms with Crippen LogP contribution in [0.5, 0.6) is 5.75 Å². The fourth-order valence-electron chi connectivity index (χ4n) is 2.23. The van der Waals surface area contributed by atoms with Crippen molar-refractivity contribution in [1.29, 1.82) is 0 Å². The van der Waals surface area contributed by atoms with Crippen LogP contribution in [0.15, 0.2) is 24.3 Å². The van der Waals surface area contributed by atoms with Crippen LogP contribution < -0.4 is 4.74 Å². The number of carboxylic acid groups (broad SMARTS) is 1. The van der Waals surface area contributed by atoms with Gasteiger partial charge >= 0.3 is 5.97 Å². The maximum atomic E-state index is 12.3. The Morgan fingerprint density at radius 2 is 2.20 bits per heavy atom. The second-order valence-corrected chi connectivity index (χ2v) is 4.61. The SMILES string of the molecule is C#CCN(CC(=O)O)C(=O)C1COc2ccccc2C1. The highest BCUT2D eigenvalue weighted by Gasteiger charge is 2.30. The normalized spacial score (nSPS) is 16.4. The first-order valence-corrected chi connectivity index (χ1v) is 6.26. The summed E-state index contributed by atoms with van der Waals surface area (Å²) in [4.78, 5) is 24.3. The summed E-state index contributed by atoms with van der Waals surface area (Å²) >= 11 is 0. The standard InChI is InChI=1S/C15H15NO4/c1-2-7-16(9-14(17)18)15(19)12-8-11-5-3-4-6-13(11)20-10-12/h1,3-6,12H,7-10H2,(H,17,18). The number of nitrogens with zero attached hydrogens (tertiary/aromatic N) is 1. The number of rotatable bonds is 4. The highest BCUT2D eigenvalue weighted by molar-refractivity contribution is 5.84. The Hall–Kier alpha value is -2.48. The molecule has 5 heteroatoms. The zero-order valence-corrected chi connectivity index (χ0v) is 10.9. The van der Waals surface area contributed by atoms with Gasteiger partial charge in [0, 0.05) is 0 Å². The quantitative estimate of drug-likeness (QED) is 0.823. The van der Waals surface area contributed by atoms with Crippen LogP contribution in [0.3, 0.4) is 0 Å². The lowest BCUT2D eigenvalue weighted by Crippen LogP contribution is -2.43. The van der Waals surface area contributed by atoms with Crippen LogP contribution in [0.2, 0.25) is 0 Å². The molecule has 1 N–H and O–H groups in total. The minimum atomic E-state index is -1.08. The van der Waals surface area contributed by atoms with Crippen LogP contribution in [0, 0.1) is 18.3 Å². The number of benzene rings is 1. The van der Waals surface area contributed by atoms with Gasteiger partial charge in [0.2, 0.25) is 5.91 Å². The van der Waals surface area contributed by atoms with Gasteiger partial charge in [-0.25, -0.2) is 0 Å². The Bertz CT molecular complexity index is 561. The van der Waals surface area contributed by atoms with Gasteiger partial charge in [-0.1, -0.05) is 24.1 Å². The van der Waals surface area contributed by atoms with E-state index in [2.05, 4.69) is 5.92 Å². The Morgan fingerprint density at radius 3 is 2.90 bits per heavy atom. The minimum Gasteiger partial charge on any atom is -0.492 e. The number of terminal acetylenes is 1. The molecule has 2 rings (SSSR count). The number of carbonyl (C=O) groups is 2. The molecule has 0 radical (unpaired) electrons. The molecule has 20 heavy (non-hydrogen) atoms. The van der Waals surface area contributed by atoms with Gasteiger partial charge in [-0.05, 0) is 18.1 Å². The molecular weight excluding hydrogens is 258 g/mol. The van der Waals surface area contributed by atoms with Gasteiger partial charge in [-0.3, -0.25) is 9.59 Å². The second-order valence-electron chi connectivity index (χ2n) is 4.61. The van der Waals surface area contributed by atoms with Crippen molar-refractivity contribution in [2.24, 2.45) is 5.92 Å². The predicted octanol–water partition coefficient (Wildman–Crippen LogP) is 0.784. The van der Waals surface area contributed by atoms with E-state index in [-0.39, 0.29) is 25.6 Å². The number of hydrogen-bond acceptors (Lipinski definition) is 3. The fourth-order valence-corrected chi connectivity index (χ4v) is 2.23. The van der Waals surface area contributed by atoms with Gasteiger partial charge in [0.1, 0.15) is 18.9 Å². The van der Waals surface area contributed by atoms with Crippen LogP contribution in [-0.2, 0) is 16.0 Å². The molecule has 1 aromatic rings. The Morgan fingerprint density at radius 1 is 1.45 bits per heavy atom. The first-order valence-electron chi connectivity index (χ1n) is 6.26. The third-order valence-corrected chi connectivity index (χ3v) is 3.15. The first kappa shape index (κ1) is 13.9. The summed E-state index contributed by atoms with van der Waals surface area (Å²) in [6.45, 7) is -0.152. The molecule has 1 atom stereocenters. The molecule has 0 fully saturated rings. The zero-order chi connectivity index (χ0) is 14.5. The number of para-hydroxylation sites is 1. The highest BCUT2D eigenvalue weighted by Crippen LogP contribution is 2.27. The average molecular weight is 273 g/mol. The first-order chi connectivity index (χ1) is 9.61. The van der Waals surface area contributed by atoms with E-state index < -0.39 is 11.9 Å². The molecule has 5 nitrogen and oxygen atoms in total. The summed E-state index contributed by atoms with van der Waals surface area (Å²) in [5, 5.41) is 8.82. The van der Waals surface area contributed by atoms with Crippen molar-refractivity contribution in [1.82, 2.24) is 4.90 Å². The van der Waals surface area contributed by atoms with E-state index >= 15 is 0 Å². The van der Waals surface area contributed by atoms with Crippen LogP contribution in [0.25, 0.3) is 0 Å². The average Bonchev–Trinajstić information content (AvgIpc) is 2.45. The molecule has 1 amide bonds. The summed E-state index contributed by atoms with van der Waals surface area (Å²) < 4.78 is 5.54. The van der Waals surface area contributed by atoms with E-state index in [1.807, 2.05) is 24.3 Å². The van der Waals surface area contributed by atoms with Crippen molar-refractivity contribution in [2.45, 2.75) is 6.42 Å². The number of carboxylic acids is 1. The van der Waals surface area contributed by atoms with Crippen molar-refractivity contribution in [2.75, 3.05) is 19.7 Å². The van der Waals surface area contributed by atoms with Gasteiger partial charge in [0.15, 0.2) is 0 Å². The summed E-state index contributed by atoms with van der Waals surface area (Å²) in [6, 6.07) is 7.51. The monoisotopic (exact) mass is 273 g/mol. The fraction of sp³-hybridized carbons (Fsp3) is 0.333. The molecule has 1 aliphatic heterocycles. The summed E-state index contributed by atoms with van der Waals surface area (Å²) in [5.74, 6) is 1.34. The lowest BCUT2D eigenvalue weighted by Gasteiger charge is -2.28. The van der Waals surface area contributed by atoms with E-state index in [9.17, 15) is 9.59 Å². The maximum Gasteiger partial charge on any atom is 0.323 e. The zero-order valence-electron chi connectivity index (χ0n) is 10.9. The van der Waals surface area contributed by atoms with E-state index in [0.717, 1.165) is 11.3 Å². The summed E-state index contributed by atoms with van der Waals surface area (Å²) in [7, 11) is 0. The molecular formula is C15H15NO4. The smallest absolute Gasteiger partial charge is 0.323 e. The highest BCUT2D eigenvalue weighted by atomic mass is 16.5. The number of fused-ring (bicyclic) bond motifs is 1. The van der Waals surface area contributed by atoms with Crippen molar-refractivity contribution in [3.63, 3.8) is 0 Å². The number of hydrogen-bond donors (Lipinski definition) is 1. The lowest BCUT2D eigenvalue weighted by molar-refractivity contribution is -0.146. The third kappa shape index (κ3) is 3.09. The Labute approximate surface area is 117 Å². The molecule has 1 aromatic carbocycles. The van der Waals surface area contributed by atoms with Crippen molar-refractivity contribution in [3.05, 3.63) is 29.8 Å². The topological polar surface area (TPSA) is 66.8 Å². The van der Waals surface area contributed by atoms with E-state index in [1.165, 1.54) is 4.90 Å². The molecule has 104 valence electrons. The van der Waals surface area contributed by atoms with Gasteiger partial charge in [0.05, 0.1) is 12.5 Å². The van der Waals surface area contributed by atoms with Crippen molar-refractivity contribution in [3.8, 4) is 18.1 Å². The molecule has 1 heterocycles. The minimum absolute atomic E-state index is 0.0106. The van der Waals surface area contributed by atoms with Gasteiger partial charge in [-0.2, -0.15) is 0 Å². The second kappa shape index (κ2) is 6.11. The Balaban J connectivity index is 2.10. The summed E-state index contributed by atoms with van der Waals surface area (Å²) in [6.07, 6.45) is 5.72. The van der Waals surface area contributed by atoms with Gasteiger partial charge in [0.25, 0.3) is 0 Å². The summed E-state index contributed by atoms with van der Waals surface area (Å²) in [5.41, 5.74) is 0.952. The Kier molecular flexibility index (Phi) is 4.26. The predicted molar refractivity (Wildman–Crippen MR) is 72.2 cm³/mol. The van der Waals surface area contributed by atoms with Crippen LogP contribution in [0.4, 0.5) is 0 Å². The molecule has 0 spiro atoms. The molecule has 0 bridgehead atoms. The molecule has 0 saturated carbocycles. The number of ether oxygens (including phenoxy) is 1.